The molecule has 3 atom stereocenters. The Hall–Kier alpha value is -0.570. The van der Waals surface area contributed by atoms with Gasteiger partial charge >= 0.3 is 0 Å². The molecular formula is C15H30N2O. The highest BCUT2D eigenvalue weighted by Gasteiger charge is 2.37. The average molecular weight is 254 g/mol. The summed E-state index contributed by atoms with van der Waals surface area (Å²) in [6, 6.07) is 0.0389. The van der Waals surface area contributed by atoms with Gasteiger partial charge < -0.3 is 11.1 Å². The van der Waals surface area contributed by atoms with Gasteiger partial charge in [0.2, 0.25) is 5.91 Å². The van der Waals surface area contributed by atoms with Crippen molar-refractivity contribution in [1.82, 2.24) is 5.32 Å². The third kappa shape index (κ3) is 3.25. The van der Waals surface area contributed by atoms with E-state index in [-0.39, 0.29) is 23.4 Å². The summed E-state index contributed by atoms with van der Waals surface area (Å²) < 4.78 is 0. The first kappa shape index (κ1) is 15.5. The highest BCUT2D eigenvalue weighted by molar-refractivity contribution is 5.80. The Labute approximate surface area is 112 Å². The predicted octanol–water partition coefficient (Wildman–Crippen LogP) is 2.83. The standard InChI is InChI=1S/C15H30N2O/c1-5-15(6-2,7-3)17-14(18)13-11(4)9-8-10-12(13)16/h11-13H,5-10,16H2,1-4H3,(H,17,18). The van der Waals surface area contributed by atoms with E-state index in [0.29, 0.717) is 5.92 Å². The predicted molar refractivity (Wildman–Crippen MR) is 76.2 cm³/mol. The quantitative estimate of drug-likeness (QED) is 0.792. The Balaban J connectivity index is 2.73. The summed E-state index contributed by atoms with van der Waals surface area (Å²) in [5.41, 5.74) is 6.12. The van der Waals surface area contributed by atoms with Crippen molar-refractivity contribution < 1.29 is 4.79 Å². The van der Waals surface area contributed by atoms with Crippen LogP contribution in [0.15, 0.2) is 0 Å². The number of rotatable bonds is 5. The van der Waals surface area contributed by atoms with Gasteiger partial charge in [-0.2, -0.15) is 0 Å². The molecule has 1 saturated carbocycles. The molecule has 1 aliphatic rings. The van der Waals surface area contributed by atoms with Gasteiger partial charge in [-0.25, -0.2) is 0 Å². The fraction of sp³-hybridized carbons (Fsp3) is 0.933. The van der Waals surface area contributed by atoms with Crippen molar-refractivity contribution in [2.24, 2.45) is 17.6 Å². The Bertz CT molecular complexity index is 255. The van der Waals surface area contributed by atoms with Crippen LogP contribution >= 0.6 is 0 Å². The maximum absolute atomic E-state index is 12.5. The number of hydrogen-bond acceptors (Lipinski definition) is 2. The lowest BCUT2D eigenvalue weighted by Gasteiger charge is -2.38. The number of amides is 1. The molecule has 0 bridgehead atoms. The normalized spacial score (nSPS) is 29.1. The molecule has 3 heteroatoms. The second-order valence-electron chi connectivity index (χ2n) is 5.93. The summed E-state index contributed by atoms with van der Waals surface area (Å²) in [5.74, 6) is 0.597. The van der Waals surface area contributed by atoms with Crippen LogP contribution in [0.25, 0.3) is 0 Å². The molecule has 0 aliphatic heterocycles. The lowest BCUT2D eigenvalue weighted by atomic mass is 9.76. The average Bonchev–Trinajstić information content (AvgIpc) is 2.36. The second-order valence-corrected chi connectivity index (χ2v) is 5.93. The number of hydrogen-bond donors (Lipinski definition) is 2. The van der Waals surface area contributed by atoms with E-state index in [1.807, 2.05) is 0 Å². The maximum atomic E-state index is 12.5. The molecule has 3 unspecified atom stereocenters. The molecular weight excluding hydrogens is 224 g/mol. The fourth-order valence-electron chi connectivity index (χ4n) is 3.27. The topological polar surface area (TPSA) is 55.1 Å². The van der Waals surface area contributed by atoms with E-state index in [2.05, 4.69) is 33.0 Å². The van der Waals surface area contributed by atoms with Crippen molar-refractivity contribution in [3.63, 3.8) is 0 Å². The summed E-state index contributed by atoms with van der Waals surface area (Å²) in [4.78, 5) is 12.5. The maximum Gasteiger partial charge on any atom is 0.225 e. The van der Waals surface area contributed by atoms with E-state index >= 15 is 0 Å². The van der Waals surface area contributed by atoms with Crippen LogP contribution in [0, 0.1) is 11.8 Å². The molecule has 0 heterocycles. The summed E-state index contributed by atoms with van der Waals surface area (Å²) in [5, 5.41) is 3.29. The van der Waals surface area contributed by atoms with Gasteiger partial charge in [-0.05, 0) is 38.0 Å². The molecule has 3 N–H and O–H groups in total. The van der Waals surface area contributed by atoms with Gasteiger partial charge in [-0.15, -0.1) is 0 Å². The zero-order valence-corrected chi connectivity index (χ0v) is 12.5. The van der Waals surface area contributed by atoms with Gasteiger partial charge in [0.1, 0.15) is 0 Å². The molecule has 0 radical (unpaired) electrons. The monoisotopic (exact) mass is 254 g/mol. The van der Waals surface area contributed by atoms with Crippen molar-refractivity contribution in [2.75, 3.05) is 0 Å². The van der Waals surface area contributed by atoms with E-state index in [1.165, 1.54) is 0 Å². The molecule has 1 amide bonds. The van der Waals surface area contributed by atoms with Crippen molar-refractivity contribution in [2.45, 2.75) is 77.8 Å². The van der Waals surface area contributed by atoms with Crippen molar-refractivity contribution in [3.8, 4) is 0 Å². The number of nitrogens with two attached hydrogens (primary N) is 1. The zero-order valence-electron chi connectivity index (χ0n) is 12.5. The van der Waals surface area contributed by atoms with Gasteiger partial charge in [0.05, 0.1) is 5.92 Å². The minimum Gasteiger partial charge on any atom is -0.350 e. The van der Waals surface area contributed by atoms with Gasteiger partial charge in [0, 0.05) is 11.6 Å². The number of carbonyl (C=O) groups is 1. The highest BCUT2D eigenvalue weighted by Crippen LogP contribution is 2.30. The minimum atomic E-state index is -0.0338. The molecule has 1 fully saturated rings. The molecule has 0 spiro atoms. The first-order valence-electron chi connectivity index (χ1n) is 7.57. The van der Waals surface area contributed by atoms with E-state index in [0.717, 1.165) is 38.5 Å². The molecule has 1 rings (SSSR count). The first-order valence-corrected chi connectivity index (χ1v) is 7.57. The molecule has 3 nitrogen and oxygen atoms in total. The summed E-state index contributed by atoms with van der Waals surface area (Å²) in [6.07, 6.45) is 6.24. The number of carbonyl (C=O) groups excluding carboxylic acids is 1. The Kier molecular flexibility index (Phi) is 5.64. The third-order valence-corrected chi connectivity index (χ3v) is 4.99. The zero-order chi connectivity index (χ0) is 13.8. The molecule has 0 aromatic heterocycles. The van der Waals surface area contributed by atoms with Gasteiger partial charge in [0.25, 0.3) is 0 Å². The van der Waals surface area contributed by atoms with Crippen molar-refractivity contribution in [3.05, 3.63) is 0 Å². The van der Waals surface area contributed by atoms with Crippen LogP contribution in [0.5, 0.6) is 0 Å². The fourth-order valence-corrected chi connectivity index (χ4v) is 3.27. The van der Waals surface area contributed by atoms with Crippen molar-refractivity contribution >= 4 is 5.91 Å². The molecule has 18 heavy (non-hydrogen) atoms. The van der Waals surface area contributed by atoms with Crippen LogP contribution < -0.4 is 11.1 Å². The van der Waals surface area contributed by atoms with Crippen LogP contribution in [0.2, 0.25) is 0 Å². The summed E-state index contributed by atoms with van der Waals surface area (Å²) in [6.45, 7) is 8.61. The van der Waals surface area contributed by atoms with E-state index in [1.54, 1.807) is 0 Å². The largest absolute Gasteiger partial charge is 0.350 e. The van der Waals surface area contributed by atoms with E-state index in [4.69, 9.17) is 5.73 Å². The van der Waals surface area contributed by atoms with Crippen LogP contribution in [0.4, 0.5) is 0 Å². The third-order valence-electron chi connectivity index (χ3n) is 4.99. The smallest absolute Gasteiger partial charge is 0.225 e. The van der Waals surface area contributed by atoms with Gasteiger partial charge in [-0.3, -0.25) is 4.79 Å². The van der Waals surface area contributed by atoms with E-state index < -0.39 is 0 Å². The SMILES string of the molecule is CCC(CC)(CC)NC(=O)C1C(C)CCCC1N. The van der Waals surface area contributed by atoms with Crippen LogP contribution in [0.1, 0.15) is 66.2 Å². The van der Waals surface area contributed by atoms with Gasteiger partial charge in [0.15, 0.2) is 0 Å². The summed E-state index contributed by atoms with van der Waals surface area (Å²) >= 11 is 0. The Morgan fingerprint density at radius 2 is 1.78 bits per heavy atom. The lowest BCUT2D eigenvalue weighted by Crippen LogP contribution is -2.54. The lowest BCUT2D eigenvalue weighted by molar-refractivity contribution is -0.130. The van der Waals surface area contributed by atoms with Crippen LogP contribution in [0.3, 0.4) is 0 Å². The Morgan fingerprint density at radius 3 is 2.22 bits per heavy atom. The first-order chi connectivity index (χ1) is 8.49. The van der Waals surface area contributed by atoms with Crippen LogP contribution in [-0.4, -0.2) is 17.5 Å². The molecule has 1 aliphatic carbocycles. The van der Waals surface area contributed by atoms with E-state index in [9.17, 15) is 4.79 Å². The Morgan fingerprint density at radius 1 is 1.22 bits per heavy atom. The molecule has 106 valence electrons. The van der Waals surface area contributed by atoms with Crippen LogP contribution in [-0.2, 0) is 4.79 Å². The minimum absolute atomic E-state index is 0.00257. The number of nitrogens with one attached hydrogen (secondary N) is 1. The molecule has 0 aromatic rings. The van der Waals surface area contributed by atoms with Gasteiger partial charge in [-0.1, -0.05) is 34.1 Å². The van der Waals surface area contributed by atoms with Crippen molar-refractivity contribution in [1.29, 1.82) is 0 Å². The summed E-state index contributed by atoms with van der Waals surface area (Å²) in [7, 11) is 0. The molecule has 0 aromatic carbocycles. The second kappa shape index (κ2) is 6.55. The highest BCUT2D eigenvalue weighted by atomic mass is 16.2. The molecule has 0 saturated heterocycles.